The fraction of sp³-hybridized carbons (Fsp3) is 0.818. The van der Waals surface area contributed by atoms with Crippen LogP contribution in [0.1, 0.15) is 27.2 Å². The van der Waals surface area contributed by atoms with E-state index in [2.05, 4.69) is 58.1 Å². The molecule has 7 unspecified atom stereocenters. The molecule has 0 aromatic heterocycles. The lowest BCUT2D eigenvalue weighted by Crippen LogP contribution is -2.58. The Morgan fingerprint density at radius 1 is 0.786 bits per heavy atom. The summed E-state index contributed by atoms with van der Waals surface area (Å²) in [6, 6.07) is 8.89. The number of nitriles is 4. The summed E-state index contributed by atoms with van der Waals surface area (Å²) in [7, 11) is -1.94. The molecule has 6 heteroatoms. The van der Waals surface area contributed by atoms with E-state index >= 15 is 0 Å². The summed E-state index contributed by atoms with van der Waals surface area (Å²) in [5.74, 6) is 1.68. The normalized spacial score (nSPS) is 47.5. The first-order valence-corrected chi connectivity index (χ1v) is 13.3. The van der Waals surface area contributed by atoms with E-state index < -0.39 is 19.1 Å². The molecule has 7 saturated carbocycles. The maximum absolute atomic E-state index is 10.1. The van der Waals surface area contributed by atoms with E-state index in [1.165, 1.54) is 0 Å². The molecule has 5 nitrogen and oxygen atoms in total. The summed E-state index contributed by atoms with van der Waals surface area (Å²) in [6.07, 6.45) is 1.14. The standard InChI is InChI=1S/C22H26N4OSi/c1-20(2,3)28(4,5)27-12-6-11-13-14(11)19-17-15(12)16(17)18(13)21(7-23,8-24)22(19,9-25)10-26/h11-19H,6H2,1-5H3. The van der Waals surface area contributed by atoms with Crippen molar-refractivity contribution in [3.05, 3.63) is 0 Å². The maximum Gasteiger partial charge on any atom is 0.192 e. The summed E-state index contributed by atoms with van der Waals surface area (Å²) in [4.78, 5) is 0. The lowest BCUT2D eigenvalue weighted by atomic mass is 9.44. The van der Waals surface area contributed by atoms with Crippen LogP contribution in [0, 0.1) is 103 Å². The molecule has 7 atom stereocenters. The third kappa shape index (κ3) is 1.63. The van der Waals surface area contributed by atoms with Crippen molar-refractivity contribution in [3.8, 4) is 24.3 Å². The second-order valence-electron chi connectivity index (χ2n) is 11.3. The van der Waals surface area contributed by atoms with Crippen LogP contribution in [0.3, 0.4) is 0 Å². The molecule has 8 bridgehead atoms. The molecule has 144 valence electrons. The van der Waals surface area contributed by atoms with Gasteiger partial charge in [0.25, 0.3) is 0 Å². The van der Waals surface area contributed by atoms with Crippen LogP contribution in [0.2, 0.25) is 18.1 Å². The van der Waals surface area contributed by atoms with Crippen LogP contribution in [-0.2, 0) is 4.43 Å². The van der Waals surface area contributed by atoms with Crippen molar-refractivity contribution < 1.29 is 4.43 Å². The minimum absolute atomic E-state index is 0.126. The fourth-order valence-electron chi connectivity index (χ4n) is 7.59. The first-order chi connectivity index (χ1) is 13.1. The molecule has 0 aromatic carbocycles. The van der Waals surface area contributed by atoms with Crippen LogP contribution in [0.25, 0.3) is 0 Å². The molecule has 0 saturated heterocycles. The number of hydrogen-bond donors (Lipinski definition) is 0. The predicted octanol–water partition coefficient (Wildman–Crippen LogP) is 3.83. The highest BCUT2D eigenvalue weighted by Gasteiger charge is 2.91. The van der Waals surface area contributed by atoms with Gasteiger partial charge in [0, 0.05) is 17.9 Å². The van der Waals surface area contributed by atoms with E-state index in [1.54, 1.807) is 0 Å². The number of hydrogen-bond acceptors (Lipinski definition) is 5. The third-order valence-corrected chi connectivity index (χ3v) is 14.2. The van der Waals surface area contributed by atoms with Gasteiger partial charge < -0.3 is 4.43 Å². The zero-order valence-electron chi connectivity index (χ0n) is 17.1. The fourth-order valence-corrected chi connectivity index (χ4v) is 8.96. The quantitative estimate of drug-likeness (QED) is 0.666. The zero-order chi connectivity index (χ0) is 20.4. The molecular formula is C22H26N4OSi. The summed E-state index contributed by atoms with van der Waals surface area (Å²) in [5.41, 5.74) is -2.97. The van der Waals surface area contributed by atoms with Gasteiger partial charge in [0.1, 0.15) is 0 Å². The third-order valence-electron chi connectivity index (χ3n) is 9.66. The van der Waals surface area contributed by atoms with Gasteiger partial charge in [0.05, 0.1) is 24.3 Å². The van der Waals surface area contributed by atoms with E-state index in [4.69, 9.17) is 4.43 Å². The van der Waals surface area contributed by atoms with Crippen molar-refractivity contribution in [1.29, 1.82) is 21.0 Å². The minimum Gasteiger partial charge on any atom is -0.414 e. The van der Waals surface area contributed by atoms with Gasteiger partial charge in [-0.2, -0.15) is 21.0 Å². The highest BCUT2D eigenvalue weighted by Crippen LogP contribution is 2.89. The molecule has 0 amide bonds. The average Bonchev–Trinajstić information content (AvgIpc) is 3.52. The topological polar surface area (TPSA) is 104 Å². The van der Waals surface area contributed by atoms with Crippen LogP contribution in [0.4, 0.5) is 0 Å². The van der Waals surface area contributed by atoms with Gasteiger partial charge in [-0.15, -0.1) is 0 Å². The van der Waals surface area contributed by atoms with Crippen molar-refractivity contribution in [3.63, 3.8) is 0 Å². The van der Waals surface area contributed by atoms with E-state index in [-0.39, 0.29) is 34.8 Å². The average molecular weight is 391 g/mol. The maximum atomic E-state index is 10.1. The Balaban J connectivity index is 1.59. The monoisotopic (exact) mass is 390 g/mol. The second kappa shape index (κ2) is 4.82. The van der Waals surface area contributed by atoms with E-state index in [0.717, 1.165) is 6.42 Å². The van der Waals surface area contributed by atoms with Gasteiger partial charge in [0.15, 0.2) is 19.1 Å². The van der Waals surface area contributed by atoms with Crippen molar-refractivity contribution in [2.45, 2.75) is 51.4 Å². The highest BCUT2D eigenvalue weighted by molar-refractivity contribution is 6.74. The molecule has 0 spiro atoms. The van der Waals surface area contributed by atoms with Crippen LogP contribution >= 0.6 is 0 Å². The molecular weight excluding hydrogens is 364 g/mol. The molecule has 0 aliphatic heterocycles. The molecule has 28 heavy (non-hydrogen) atoms. The minimum atomic E-state index is -1.94. The molecule has 7 fully saturated rings. The Morgan fingerprint density at radius 2 is 1.21 bits per heavy atom. The molecule has 0 radical (unpaired) electrons. The van der Waals surface area contributed by atoms with Gasteiger partial charge in [0.2, 0.25) is 0 Å². The summed E-state index contributed by atoms with van der Waals surface area (Å²) < 4.78 is 6.87. The van der Waals surface area contributed by atoms with Gasteiger partial charge in [-0.1, -0.05) is 20.8 Å². The summed E-state index contributed by atoms with van der Waals surface area (Å²) in [6.45, 7) is 11.3. The lowest BCUT2D eigenvalue weighted by molar-refractivity contribution is -0.0234. The number of rotatable bonds is 2. The predicted molar refractivity (Wildman–Crippen MR) is 102 cm³/mol. The number of fused-ring (bicyclic) bond motifs is 2. The highest BCUT2D eigenvalue weighted by atomic mass is 28.4. The van der Waals surface area contributed by atoms with Crippen LogP contribution in [0.15, 0.2) is 0 Å². The Hall–Kier alpha value is -1.86. The Kier molecular flexibility index (Phi) is 3.13. The largest absolute Gasteiger partial charge is 0.414 e. The van der Waals surface area contributed by atoms with E-state index in [9.17, 15) is 21.0 Å². The SMILES string of the molecule is CC(C)(C)[Si](C)(C)OC1CC2C3C2C2C4C1C4C3C(C#N)(C#N)C2(C#N)C#N. The van der Waals surface area contributed by atoms with Crippen molar-refractivity contribution in [2.75, 3.05) is 0 Å². The molecule has 7 aliphatic carbocycles. The molecule has 7 aliphatic rings. The molecule has 0 N–H and O–H groups in total. The Bertz CT molecular complexity index is 852. The molecule has 0 aromatic rings. The zero-order valence-corrected chi connectivity index (χ0v) is 18.1. The van der Waals surface area contributed by atoms with E-state index in [0.29, 0.717) is 23.7 Å². The van der Waals surface area contributed by atoms with Crippen molar-refractivity contribution in [1.82, 2.24) is 0 Å². The Labute approximate surface area is 168 Å². The van der Waals surface area contributed by atoms with Gasteiger partial charge in [-0.05, 0) is 60.1 Å². The second-order valence-corrected chi connectivity index (χ2v) is 16.1. The van der Waals surface area contributed by atoms with Gasteiger partial charge in [-0.3, -0.25) is 0 Å². The van der Waals surface area contributed by atoms with Gasteiger partial charge >= 0.3 is 0 Å². The molecule has 7 rings (SSSR count). The van der Waals surface area contributed by atoms with Crippen LogP contribution < -0.4 is 0 Å². The van der Waals surface area contributed by atoms with Crippen molar-refractivity contribution >= 4 is 8.32 Å². The number of nitrogens with zero attached hydrogens (tertiary/aromatic N) is 4. The van der Waals surface area contributed by atoms with Gasteiger partial charge in [-0.25, -0.2) is 0 Å². The summed E-state index contributed by atoms with van der Waals surface area (Å²) in [5, 5.41) is 40.5. The van der Waals surface area contributed by atoms with E-state index in [1.807, 2.05) is 0 Å². The summed E-state index contributed by atoms with van der Waals surface area (Å²) >= 11 is 0. The Morgan fingerprint density at radius 3 is 1.57 bits per heavy atom. The first kappa shape index (κ1) is 18.2. The van der Waals surface area contributed by atoms with Crippen LogP contribution in [-0.4, -0.2) is 14.4 Å². The molecule has 0 heterocycles. The first-order valence-electron chi connectivity index (χ1n) is 10.4. The van der Waals surface area contributed by atoms with Crippen molar-refractivity contribution in [2.24, 2.45) is 58.2 Å². The van der Waals surface area contributed by atoms with Crippen LogP contribution in [0.5, 0.6) is 0 Å². The smallest absolute Gasteiger partial charge is 0.192 e. The lowest BCUT2D eigenvalue weighted by Gasteiger charge is -2.50.